The molecule has 0 aliphatic carbocycles. The van der Waals surface area contributed by atoms with Gasteiger partial charge in [0.2, 0.25) is 0 Å². The minimum Gasteiger partial charge on any atom is -0.373 e. The summed E-state index contributed by atoms with van der Waals surface area (Å²) in [5.41, 5.74) is 1.48. The second kappa shape index (κ2) is 6.60. The molecule has 1 amide bonds. The minimum atomic E-state index is -0.0844. The maximum Gasteiger partial charge on any atom is 0.253 e. The van der Waals surface area contributed by atoms with Crippen LogP contribution >= 0.6 is 0 Å². The number of hydrogen-bond acceptors (Lipinski definition) is 4. The average Bonchev–Trinajstić information content (AvgIpc) is 2.43. The molecule has 0 fully saturated rings. The Morgan fingerprint density at radius 2 is 2.28 bits per heavy atom. The summed E-state index contributed by atoms with van der Waals surface area (Å²) in [6.45, 7) is 2.43. The van der Waals surface area contributed by atoms with Crippen LogP contribution in [0.25, 0.3) is 0 Å². The number of rotatable bonds is 5. The third kappa shape index (κ3) is 3.45. The summed E-state index contributed by atoms with van der Waals surface area (Å²) in [4.78, 5) is 18.0. The predicted octanol–water partition coefficient (Wildman–Crippen LogP) is 1.67. The largest absolute Gasteiger partial charge is 0.373 e. The summed E-state index contributed by atoms with van der Waals surface area (Å²) in [5.74, 6) is 0.602. The second-order valence-electron chi connectivity index (χ2n) is 3.97. The molecule has 96 valence electrons. The summed E-state index contributed by atoms with van der Waals surface area (Å²) in [6, 6.07) is 5.56. The Labute approximate surface area is 107 Å². The van der Waals surface area contributed by atoms with E-state index < -0.39 is 0 Å². The topological polar surface area (TPSA) is 69.0 Å². The van der Waals surface area contributed by atoms with Gasteiger partial charge in [0.1, 0.15) is 5.82 Å². The molecule has 0 saturated carbocycles. The van der Waals surface area contributed by atoms with E-state index in [1.807, 2.05) is 13.0 Å². The van der Waals surface area contributed by atoms with Gasteiger partial charge < -0.3 is 10.2 Å². The van der Waals surface area contributed by atoms with Gasteiger partial charge in [-0.25, -0.2) is 4.98 Å². The van der Waals surface area contributed by atoms with Gasteiger partial charge in [0, 0.05) is 31.9 Å². The molecule has 1 heterocycles. The molecular weight excluding hydrogens is 228 g/mol. The number of anilines is 1. The molecule has 1 N–H and O–H groups in total. The van der Waals surface area contributed by atoms with Crippen LogP contribution in [0.5, 0.6) is 0 Å². The van der Waals surface area contributed by atoms with Crippen molar-refractivity contribution < 1.29 is 4.79 Å². The van der Waals surface area contributed by atoms with Crippen molar-refractivity contribution >= 4 is 11.7 Å². The number of pyridine rings is 1. The van der Waals surface area contributed by atoms with Crippen molar-refractivity contribution in [1.29, 1.82) is 5.26 Å². The van der Waals surface area contributed by atoms with Gasteiger partial charge >= 0.3 is 0 Å². The SMILES string of the molecule is CCc1cc(C(=O)N(C)CCC#N)cc(NC)n1. The van der Waals surface area contributed by atoms with Crippen LogP contribution in [0.4, 0.5) is 5.82 Å². The lowest BCUT2D eigenvalue weighted by atomic mass is 10.1. The number of amides is 1. The van der Waals surface area contributed by atoms with Gasteiger partial charge in [-0.1, -0.05) is 6.92 Å². The van der Waals surface area contributed by atoms with Crippen molar-refractivity contribution in [3.63, 3.8) is 0 Å². The van der Waals surface area contributed by atoms with Gasteiger partial charge in [-0.05, 0) is 18.6 Å². The van der Waals surface area contributed by atoms with Crippen molar-refractivity contribution in [3.05, 3.63) is 23.4 Å². The van der Waals surface area contributed by atoms with E-state index in [0.29, 0.717) is 24.3 Å². The molecule has 0 aliphatic rings. The first-order chi connectivity index (χ1) is 8.62. The van der Waals surface area contributed by atoms with Crippen LogP contribution in [0.2, 0.25) is 0 Å². The summed E-state index contributed by atoms with van der Waals surface area (Å²) in [5, 5.41) is 11.5. The number of nitrogens with one attached hydrogen (secondary N) is 1. The summed E-state index contributed by atoms with van der Waals surface area (Å²) >= 11 is 0. The molecule has 1 aromatic rings. The smallest absolute Gasteiger partial charge is 0.253 e. The molecule has 1 aromatic heterocycles. The Kier molecular flexibility index (Phi) is 5.12. The maximum absolute atomic E-state index is 12.1. The molecule has 0 aromatic carbocycles. The van der Waals surface area contributed by atoms with Gasteiger partial charge in [-0.3, -0.25) is 4.79 Å². The third-order valence-electron chi connectivity index (χ3n) is 2.65. The van der Waals surface area contributed by atoms with E-state index in [1.54, 1.807) is 31.1 Å². The summed E-state index contributed by atoms with van der Waals surface area (Å²) in [7, 11) is 3.47. The molecule has 5 nitrogen and oxygen atoms in total. The molecule has 0 aliphatic heterocycles. The second-order valence-corrected chi connectivity index (χ2v) is 3.97. The zero-order valence-corrected chi connectivity index (χ0v) is 11.0. The van der Waals surface area contributed by atoms with E-state index in [1.165, 1.54) is 0 Å². The van der Waals surface area contributed by atoms with Gasteiger partial charge in [0.05, 0.1) is 12.5 Å². The van der Waals surface area contributed by atoms with Crippen molar-refractivity contribution in [2.24, 2.45) is 0 Å². The Morgan fingerprint density at radius 3 is 2.83 bits per heavy atom. The fourth-order valence-corrected chi connectivity index (χ4v) is 1.56. The fraction of sp³-hybridized carbons (Fsp3) is 0.462. The Bertz CT molecular complexity index is 442. The molecule has 5 heteroatoms. The first-order valence-corrected chi connectivity index (χ1v) is 5.93. The van der Waals surface area contributed by atoms with E-state index in [2.05, 4.69) is 10.3 Å². The zero-order valence-electron chi connectivity index (χ0n) is 11.0. The van der Waals surface area contributed by atoms with Crippen LogP contribution in [0, 0.1) is 11.3 Å². The highest BCUT2D eigenvalue weighted by atomic mass is 16.2. The quantitative estimate of drug-likeness (QED) is 0.858. The van der Waals surface area contributed by atoms with Gasteiger partial charge in [-0.2, -0.15) is 5.26 Å². The van der Waals surface area contributed by atoms with Gasteiger partial charge in [0.15, 0.2) is 0 Å². The number of carbonyl (C=O) groups is 1. The number of nitrogens with zero attached hydrogens (tertiary/aromatic N) is 3. The lowest BCUT2D eigenvalue weighted by Gasteiger charge is -2.16. The van der Waals surface area contributed by atoms with Gasteiger partial charge in [-0.15, -0.1) is 0 Å². The highest BCUT2D eigenvalue weighted by Crippen LogP contribution is 2.12. The molecular formula is C13H18N4O. The predicted molar refractivity (Wildman–Crippen MR) is 70.4 cm³/mol. The minimum absolute atomic E-state index is 0.0844. The normalized spacial score (nSPS) is 9.67. The number of carbonyl (C=O) groups excluding carboxylic acids is 1. The number of aryl methyl sites for hydroxylation is 1. The molecule has 1 rings (SSSR count). The fourth-order valence-electron chi connectivity index (χ4n) is 1.56. The highest BCUT2D eigenvalue weighted by molar-refractivity contribution is 5.94. The van der Waals surface area contributed by atoms with Crippen molar-refractivity contribution in [3.8, 4) is 6.07 Å². The van der Waals surface area contributed by atoms with Crippen LogP contribution in [-0.2, 0) is 6.42 Å². The number of nitriles is 1. The molecule has 18 heavy (non-hydrogen) atoms. The molecule has 0 spiro atoms. The Morgan fingerprint density at radius 1 is 1.56 bits per heavy atom. The van der Waals surface area contributed by atoms with E-state index >= 15 is 0 Å². The molecule has 0 unspecified atom stereocenters. The Balaban J connectivity index is 2.94. The molecule has 0 atom stereocenters. The van der Waals surface area contributed by atoms with Crippen molar-refractivity contribution in [2.45, 2.75) is 19.8 Å². The van der Waals surface area contributed by atoms with Crippen LogP contribution in [-0.4, -0.2) is 36.4 Å². The highest BCUT2D eigenvalue weighted by Gasteiger charge is 2.13. The van der Waals surface area contributed by atoms with Crippen molar-refractivity contribution in [2.75, 3.05) is 26.0 Å². The van der Waals surface area contributed by atoms with Crippen LogP contribution < -0.4 is 5.32 Å². The van der Waals surface area contributed by atoms with E-state index in [4.69, 9.17) is 5.26 Å². The summed E-state index contributed by atoms with van der Waals surface area (Å²) < 4.78 is 0. The molecule has 0 bridgehead atoms. The average molecular weight is 246 g/mol. The van der Waals surface area contributed by atoms with Crippen molar-refractivity contribution in [1.82, 2.24) is 9.88 Å². The number of aromatic nitrogens is 1. The standard InChI is InChI=1S/C13H18N4O/c1-4-11-8-10(9-12(15-2)16-11)13(18)17(3)7-5-6-14/h8-9H,4-5,7H2,1-3H3,(H,15,16). The Hall–Kier alpha value is -2.09. The lowest BCUT2D eigenvalue weighted by molar-refractivity contribution is 0.0798. The first-order valence-electron chi connectivity index (χ1n) is 5.93. The van der Waals surface area contributed by atoms with Crippen LogP contribution in [0.15, 0.2) is 12.1 Å². The molecule has 0 saturated heterocycles. The van der Waals surface area contributed by atoms with E-state index in [9.17, 15) is 4.79 Å². The maximum atomic E-state index is 12.1. The van der Waals surface area contributed by atoms with E-state index in [0.717, 1.165) is 12.1 Å². The van der Waals surface area contributed by atoms with E-state index in [-0.39, 0.29) is 5.91 Å². The van der Waals surface area contributed by atoms with Crippen LogP contribution in [0.3, 0.4) is 0 Å². The first kappa shape index (κ1) is 14.0. The molecule has 0 radical (unpaired) electrons. The third-order valence-corrected chi connectivity index (χ3v) is 2.65. The summed E-state index contributed by atoms with van der Waals surface area (Å²) in [6.07, 6.45) is 1.12. The zero-order chi connectivity index (χ0) is 13.5. The lowest BCUT2D eigenvalue weighted by Crippen LogP contribution is -2.27. The van der Waals surface area contributed by atoms with Crippen LogP contribution in [0.1, 0.15) is 29.4 Å². The van der Waals surface area contributed by atoms with Gasteiger partial charge in [0.25, 0.3) is 5.91 Å². The monoisotopic (exact) mass is 246 g/mol. The number of hydrogen-bond donors (Lipinski definition) is 1.